The van der Waals surface area contributed by atoms with Crippen molar-refractivity contribution in [2.24, 2.45) is 0 Å². The Balaban J connectivity index is 1.89. The predicted octanol–water partition coefficient (Wildman–Crippen LogP) is 3.18. The Labute approximate surface area is 122 Å². The first-order valence-corrected chi connectivity index (χ1v) is 6.59. The molecule has 0 aliphatic carbocycles. The highest BCUT2D eigenvalue weighted by molar-refractivity contribution is 6.30. The normalized spacial score (nSPS) is 9.80. The van der Waals surface area contributed by atoms with Crippen LogP contribution in [-0.4, -0.2) is 12.5 Å². The zero-order chi connectivity index (χ0) is 14.4. The maximum atomic E-state index is 11.9. The highest BCUT2D eigenvalue weighted by atomic mass is 35.5. The summed E-state index contributed by atoms with van der Waals surface area (Å²) >= 11 is 5.81. The molecule has 0 spiro atoms. The van der Waals surface area contributed by atoms with Crippen LogP contribution in [0.4, 0.5) is 0 Å². The molecule has 100 valence electrons. The number of nitrogens with one attached hydrogen (secondary N) is 1. The molecule has 0 bridgehead atoms. The van der Waals surface area contributed by atoms with Crippen LogP contribution in [0.3, 0.4) is 0 Å². The second-order valence-corrected chi connectivity index (χ2v) is 4.76. The van der Waals surface area contributed by atoms with E-state index in [4.69, 9.17) is 16.9 Å². The number of benzene rings is 2. The van der Waals surface area contributed by atoms with E-state index in [2.05, 4.69) is 5.32 Å². The molecule has 3 nitrogen and oxygen atoms in total. The van der Waals surface area contributed by atoms with E-state index >= 15 is 0 Å². The Kier molecular flexibility index (Phi) is 4.75. The average Bonchev–Trinajstić information content (AvgIpc) is 2.49. The van der Waals surface area contributed by atoms with Gasteiger partial charge >= 0.3 is 0 Å². The van der Waals surface area contributed by atoms with Crippen LogP contribution < -0.4 is 5.32 Å². The van der Waals surface area contributed by atoms with E-state index in [1.807, 2.05) is 30.3 Å². The lowest BCUT2D eigenvalue weighted by atomic mass is 10.1. The van der Waals surface area contributed by atoms with Crippen molar-refractivity contribution in [1.82, 2.24) is 5.32 Å². The van der Waals surface area contributed by atoms with E-state index < -0.39 is 0 Å². The monoisotopic (exact) mass is 284 g/mol. The average molecular weight is 285 g/mol. The van der Waals surface area contributed by atoms with Crippen LogP contribution in [0.5, 0.6) is 0 Å². The van der Waals surface area contributed by atoms with Crippen LogP contribution in [0.15, 0.2) is 48.5 Å². The van der Waals surface area contributed by atoms with E-state index in [9.17, 15) is 4.79 Å². The van der Waals surface area contributed by atoms with E-state index in [-0.39, 0.29) is 5.91 Å². The molecule has 0 saturated heterocycles. The number of amides is 1. The largest absolute Gasteiger partial charge is 0.352 e. The topological polar surface area (TPSA) is 52.9 Å². The maximum absolute atomic E-state index is 11.9. The molecule has 0 saturated carbocycles. The standard InChI is InChI=1S/C16H13ClN2O/c17-15-6-4-12(5-7-15)8-9-19-16(20)14-3-1-2-13(10-14)11-18/h1-7,10H,8-9H2,(H,19,20). The summed E-state index contributed by atoms with van der Waals surface area (Å²) in [6.07, 6.45) is 0.737. The molecule has 0 aromatic heterocycles. The quantitative estimate of drug-likeness (QED) is 0.937. The van der Waals surface area contributed by atoms with Gasteiger partial charge in [-0.3, -0.25) is 4.79 Å². The maximum Gasteiger partial charge on any atom is 0.251 e. The van der Waals surface area contributed by atoms with Gasteiger partial charge in [-0.2, -0.15) is 5.26 Å². The highest BCUT2D eigenvalue weighted by Crippen LogP contribution is 2.09. The molecule has 0 fully saturated rings. The van der Waals surface area contributed by atoms with Gasteiger partial charge in [-0.05, 0) is 42.3 Å². The van der Waals surface area contributed by atoms with Crippen molar-refractivity contribution in [3.05, 3.63) is 70.2 Å². The highest BCUT2D eigenvalue weighted by Gasteiger charge is 2.05. The molecule has 2 aromatic carbocycles. The van der Waals surface area contributed by atoms with Crippen molar-refractivity contribution >= 4 is 17.5 Å². The zero-order valence-electron chi connectivity index (χ0n) is 10.8. The summed E-state index contributed by atoms with van der Waals surface area (Å²) in [5, 5.41) is 12.3. The minimum absolute atomic E-state index is 0.170. The van der Waals surface area contributed by atoms with Gasteiger partial charge in [-0.15, -0.1) is 0 Å². The lowest BCUT2D eigenvalue weighted by Crippen LogP contribution is -2.25. The molecular weight excluding hydrogens is 272 g/mol. The van der Waals surface area contributed by atoms with Crippen molar-refractivity contribution in [2.45, 2.75) is 6.42 Å². The van der Waals surface area contributed by atoms with E-state index in [1.165, 1.54) is 0 Å². The number of carbonyl (C=O) groups excluding carboxylic acids is 1. The number of hydrogen-bond acceptors (Lipinski definition) is 2. The molecule has 1 amide bonds. The van der Waals surface area contributed by atoms with Crippen molar-refractivity contribution in [1.29, 1.82) is 5.26 Å². The van der Waals surface area contributed by atoms with E-state index in [1.54, 1.807) is 24.3 Å². The third-order valence-electron chi connectivity index (χ3n) is 2.87. The summed E-state index contributed by atoms with van der Waals surface area (Å²) in [6, 6.07) is 16.2. The summed E-state index contributed by atoms with van der Waals surface area (Å²) in [7, 11) is 0. The molecule has 2 aromatic rings. The molecule has 0 unspecified atom stereocenters. The van der Waals surface area contributed by atoms with Crippen molar-refractivity contribution in [3.63, 3.8) is 0 Å². The molecular formula is C16H13ClN2O. The summed E-state index contributed by atoms with van der Waals surface area (Å²) in [5.74, 6) is -0.170. The zero-order valence-corrected chi connectivity index (χ0v) is 11.5. The predicted molar refractivity (Wildman–Crippen MR) is 78.6 cm³/mol. The minimum Gasteiger partial charge on any atom is -0.352 e. The molecule has 0 heterocycles. The Bertz CT molecular complexity index is 644. The van der Waals surface area contributed by atoms with Crippen LogP contribution in [0.1, 0.15) is 21.5 Å². The lowest BCUT2D eigenvalue weighted by Gasteiger charge is -2.06. The van der Waals surface area contributed by atoms with Crippen LogP contribution >= 0.6 is 11.6 Å². The first-order valence-electron chi connectivity index (χ1n) is 6.22. The van der Waals surface area contributed by atoms with Gasteiger partial charge in [0.25, 0.3) is 5.91 Å². The summed E-state index contributed by atoms with van der Waals surface area (Å²) < 4.78 is 0. The van der Waals surface area contributed by atoms with Gasteiger partial charge < -0.3 is 5.32 Å². The Hall–Kier alpha value is -2.31. The SMILES string of the molecule is N#Cc1cccc(C(=O)NCCc2ccc(Cl)cc2)c1. The first kappa shape index (κ1) is 14.1. The fourth-order valence-corrected chi connectivity index (χ4v) is 1.93. The first-order chi connectivity index (χ1) is 9.69. The number of nitriles is 1. The van der Waals surface area contributed by atoms with Gasteiger partial charge in [0.1, 0.15) is 0 Å². The van der Waals surface area contributed by atoms with Gasteiger partial charge in [0.05, 0.1) is 11.6 Å². The second kappa shape index (κ2) is 6.74. The second-order valence-electron chi connectivity index (χ2n) is 4.32. The molecule has 0 aliphatic heterocycles. The van der Waals surface area contributed by atoms with E-state index in [0.29, 0.717) is 22.7 Å². The van der Waals surface area contributed by atoms with Crippen molar-refractivity contribution in [2.75, 3.05) is 6.54 Å². The Morgan fingerprint density at radius 3 is 2.65 bits per heavy atom. The molecule has 0 atom stereocenters. The molecule has 4 heteroatoms. The van der Waals surface area contributed by atoms with Crippen molar-refractivity contribution < 1.29 is 4.79 Å². The molecule has 20 heavy (non-hydrogen) atoms. The van der Waals surface area contributed by atoms with Crippen LogP contribution in [0, 0.1) is 11.3 Å². The van der Waals surface area contributed by atoms with Crippen molar-refractivity contribution in [3.8, 4) is 6.07 Å². The number of rotatable bonds is 4. The molecule has 0 radical (unpaired) electrons. The summed E-state index contributed by atoms with van der Waals surface area (Å²) in [5.41, 5.74) is 2.09. The summed E-state index contributed by atoms with van der Waals surface area (Å²) in [4.78, 5) is 11.9. The van der Waals surface area contributed by atoms with Gasteiger partial charge in [-0.1, -0.05) is 29.8 Å². The van der Waals surface area contributed by atoms with Gasteiger partial charge in [0.2, 0.25) is 0 Å². The third-order valence-corrected chi connectivity index (χ3v) is 3.12. The lowest BCUT2D eigenvalue weighted by molar-refractivity contribution is 0.0954. The molecule has 1 N–H and O–H groups in total. The number of carbonyl (C=O) groups is 1. The van der Waals surface area contributed by atoms with Crippen LogP contribution in [-0.2, 0) is 6.42 Å². The molecule has 2 rings (SSSR count). The van der Waals surface area contributed by atoms with Gasteiger partial charge in [0, 0.05) is 17.1 Å². The number of nitrogens with zero attached hydrogens (tertiary/aromatic N) is 1. The number of hydrogen-bond donors (Lipinski definition) is 1. The fourth-order valence-electron chi connectivity index (χ4n) is 1.80. The van der Waals surface area contributed by atoms with Crippen LogP contribution in [0.25, 0.3) is 0 Å². The molecule has 0 aliphatic rings. The smallest absolute Gasteiger partial charge is 0.251 e. The van der Waals surface area contributed by atoms with Gasteiger partial charge in [0.15, 0.2) is 0 Å². The fraction of sp³-hybridized carbons (Fsp3) is 0.125. The number of halogens is 1. The summed E-state index contributed by atoms with van der Waals surface area (Å²) in [6.45, 7) is 0.539. The van der Waals surface area contributed by atoms with Crippen LogP contribution in [0.2, 0.25) is 5.02 Å². The Morgan fingerprint density at radius 1 is 1.20 bits per heavy atom. The minimum atomic E-state index is -0.170. The third kappa shape index (κ3) is 3.84. The van der Waals surface area contributed by atoms with Gasteiger partial charge in [-0.25, -0.2) is 0 Å². The van der Waals surface area contributed by atoms with E-state index in [0.717, 1.165) is 12.0 Å². The Morgan fingerprint density at radius 2 is 1.95 bits per heavy atom.